The molecule has 2 heterocycles. The first-order valence-electron chi connectivity index (χ1n) is 11.4. The van der Waals surface area contributed by atoms with E-state index in [-0.39, 0.29) is 11.9 Å². The van der Waals surface area contributed by atoms with Crippen molar-refractivity contribution in [2.24, 2.45) is 7.05 Å². The van der Waals surface area contributed by atoms with Crippen LogP contribution in [0, 0.1) is 6.92 Å². The lowest BCUT2D eigenvalue weighted by Crippen LogP contribution is -2.19. The number of para-hydroxylation sites is 1. The zero-order valence-corrected chi connectivity index (χ0v) is 19.8. The van der Waals surface area contributed by atoms with Crippen molar-refractivity contribution in [1.29, 1.82) is 0 Å². The Labute approximate surface area is 208 Å². The van der Waals surface area contributed by atoms with Crippen molar-refractivity contribution < 1.29 is 9.59 Å². The number of nitrogens with one attached hydrogen (secondary N) is 3. The summed E-state index contributed by atoms with van der Waals surface area (Å²) in [5.41, 5.74) is 5.37. The van der Waals surface area contributed by atoms with Crippen LogP contribution in [0.25, 0.3) is 22.3 Å². The molecule has 2 aromatic heterocycles. The molecule has 0 aliphatic heterocycles. The Morgan fingerprint density at radius 1 is 0.750 bits per heavy atom. The minimum absolute atomic E-state index is 0.266. The smallest absolute Gasteiger partial charge is 0.322 e. The number of amides is 3. The lowest BCUT2D eigenvalue weighted by Gasteiger charge is -2.11. The average Bonchev–Trinajstić information content (AvgIpc) is 3.18. The molecule has 36 heavy (non-hydrogen) atoms. The lowest BCUT2D eigenvalue weighted by atomic mass is 10.0. The molecule has 0 unspecified atom stereocenters. The third-order valence-electron chi connectivity index (χ3n) is 5.72. The number of fused-ring (bicyclic) bond motifs is 1. The van der Waals surface area contributed by atoms with E-state index in [0.717, 1.165) is 11.3 Å². The first kappa shape index (κ1) is 22.8. The fourth-order valence-corrected chi connectivity index (χ4v) is 4.03. The van der Waals surface area contributed by atoms with E-state index < -0.39 is 0 Å². The fraction of sp³-hybridized carbons (Fsp3) is 0.0714. The van der Waals surface area contributed by atoms with Gasteiger partial charge in [-0.2, -0.15) is 5.10 Å². The molecule has 5 rings (SSSR count). The van der Waals surface area contributed by atoms with Crippen LogP contribution in [0.1, 0.15) is 16.1 Å². The van der Waals surface area contributed by atoms with Gasteiger partial charge in [0.2, 0.25) is 0 Å². The Morgan fingerprint density at radius 3 is 1.94 bits per heavy atom. The summed E-state index contributed by atoms with van der Waals surface area (Å²) >= 11 is 0. The van der Waals surface area contributed by atoms with Crippen molar-refractivity contribution in [2.75, 3.05) is 16.0 Å². The summed E-state index contributed by atoms with van der Waals surface area (Å²) in [4.78, 5) is 30.4. The van der Waals surface area contributed by atoms with Gasteiger partial charge in [-0.1, -0.05) is 48.5 Å². The highest BCUT2D eigenvalue weighted by Crippen LogP contribution is 2.27. The number of hydrogen-bond acceptors (Lipinski definition) is 4. The molecular weight excluding hydrogens is 452 g/mol. The molecule has 0 saturated carbocycles. The van der Waals surface area contributed by atoms with Gasteiger partial charge in [-0.25, -0.2) is 9.78 Å². The maximum atomic E-state index is 13.4. The van der Waals surface area contributed by atoms with Gasteiger partial charge in [-0.05, 0) is 49.4 Å². The van der Waals surface area contributed by atoms with Crippen molar-refractivity contribution in [3.63, 3.8) is 0 Å². The Kier molecular flexibility index (Phi) is 6.15. The third-order valence-corrected chi connectivity index (χ3v) is 5.72. The molecule has 8 nitrogen and oxygen atoms in total. The summed E-state index contributed by atoms with van der Waals surface area (Å²) in [6.07, 6.45) is 0. The van der Waals surface area contributed by atoms with E-state index in [9.17, 15) is 9.59 Å². The molecule has 5 aromatic rings. The monoisotopic (exact) mass is 476 g/mol. The Hall–Kier alpha value is -4.98. The van der Waals surface area contributed by atoms with Crippen LogP contribution >= 0.6 is 0 Å². The molecule has 0 saturated heterocycles. The van der Waals surface area contributed by atoms with Crippen LogP contribution < -0.4 is 16.0 Å². The zero-order valence-electron chi connectivity index (χ0n) is 19.8. The molecule has 178 valence electrons. The number of aryl methyl sites for hydroxylation is 2. The number of urea groups is 1. The largest absolute Gasteiger partial charge is 0.323 e. The summed E-state index contributed by atoms with van der Waals surface area (Å²) in [7, 11) is 1.82. The predicted molar refractivity (Wildman–Crippen MR) is 142 cm³/mol. The number of benzene rings is 3. The van der Waals surface area contributed by atoms with Gasteiger partial charge < -0.3 is 16.0 Å². The second-order valence-corrected chi connectivity index (χ2v) is 8.31. The van der Waals surface area contributed by atoms with Gasteiger partial charge in [0, 0.05) is 29.7 Å². The van der Waals surface area contributed by atoms with Crippen molar-refractivity contribution in [3.05, 3.63) is 102 Å². The van der Waals surface area contributed by atoms with Crippen LogP contribution in [0.3, 0.4) is 0 Å². The fourth-order valence-electron chi connectivity index (χ4n) is 4.03. The normalized spacial score (nSPS) is 10.7. The lowest BCUT2D eigenvalue weighted by molar-refractivity contribution is 0.102. The van der Waals surface area contributed by atoms with Gasteiger partial charge in [0.15, 0.2) is 5.65 Å². The number of carbonyl (C=O) groups is 2. The molecule has 3 aromatic carbocycles. The zero-order chi connectivity index (χ0) is 25.1. The molecule has 0 radical (unpaired) electrons. The second-order valence-electron chi connectivity index (χ2n) is 8.31. The molecule has 0 aliphatic rings. The SMILES string of the molecule is Cc1nn(C)c2nc(-c3ccccc3)cc(C(=O)Nc3ccc(NC(=O)Nc4ccccc4)cc3)c12. The van der Waals surface area contributed by atoms with Crippen molar-refractivity contribution in [1.82, 2.24) is 14.8 Å². The molecule has 0 fully saturated rings. The molecular formula is C28H24N6O2. The van der Waals surface area contributed by atoms with Crippen molar-refractivity contribution in [2.45, 2.75) is 6.92 Å². The van der Waals surface area contributed by atoms with Crippen LogP contribution in [0.2, 0.25) is 0 Å². The quantitative estimate of drug-likeness (QED) is 0.297. The molecule has 0 aliphatic carbocycles. The number of aromatic nitrogens is 3. The third kappa shape index (κ3) is 4.78. The minimum atomic E-state index is -0.349. The topological polar surface area (TPSA) is 101 Å². The summed E-state index contributed by atoms with van der Waals surface area (Å²) in [5, 5.41) is 13.7. The van der Waals surface area contributed by atoms with E-state index in [1.54, 1.807) is 35.0 Å². The highest BCUT2D eigenvalue weighted by molar-refractivity contribution is 6.13. The van der Waals surface area contributed by atoms with Gasteiger partial charge in [0.25, 0.3) is 5.91 Å². The first-order chi connectivity index (χ1) is 17.5. The van der Waals surface area contributed by atoms with E-state index in [0.29, 0.717) is 39.4 Å². The van der Waals surface area contributed by atoms with Gasteiger partial charge in [0.05, 0.1) is 22.3 Å². The van der Waals surface area contributed by atoms with Crippen molar-refractivity contribution >= 4 is 40.0 Å². The van der Waals surface area contributed by atoms with E-state index in [1.807, 2.05) is 74.6 Å². The number of nitrogens with zero attached hydrogens (tertiary/aromatic N) is 3. The van der Waals surface area contributed by atoms with Crippen molar-refractivity contribution in [3.8, 4) is 11.3 Å². The van der Waals surface area contributed by atoms with E-state index in [2.05, 4.69) is 21.0 Å². The van der Waals surface area contributed by atoms with Crippen LogP contribution in [0.5, 0.6) is 0 Å². The Morgan fingerprint density at radius 2 is 1.31 bits per heavy atom. The van der Waals surface area contributed by atoms with Gasteiger partial charge in [-0.3, -0.25) is 9.48 Å². The van der Waals surface area contributed by atoms with Crippen LogP contribution in [-0.4, -0.2) is 26.7 Å². The number of pyridine rings is 1. The van der Waals surface area contributed by atoms with E-state index >= 15 is 0 Å². The maximum absolute atomic E-state index is 13.4. The number of hydrogen-bond donors (Lipinski definition) is 3. The van der Waals surface area contributed by atoms with Crippen LogP contribution in [-0.2, 0) is 7.05 Å². The minimum Gasteiger partial charge on any atom is -0.322 e. The van der Waals surface area contributed by atoms with Crippen LogP contribution in [0.4, 0.5) is 21.9 Å². The standard InChI is InChI=1S/C28H24N6O2/c1-18-25-23(17-24(19-9-5-3-6-10-19)32-26(25)34(2)33-18)27(35)29-21-13-15-22(16-14-21)31-28(36)30-20-11-7-4-8-12-20/h3-17H,1-2H3,(H,29,35)(H2,30,31,36). The van der Waals surface area contributed by atoms with Gasteiger partial charge in [-0.15, -0.1) is 0 Å². The molecule has 0 atom stereocenters. The Balaban J connectivity index is 1.36. The summed E-state index contributed by atoms with van der Waals surface area (Å²) < 4.78 is 1.69. The highest BCUT2D eigenvalue weighted by atomic mass is 16.2. The summed E-state index contributed by atoms with van der Waals surface area (Å²) in [6, 6.07) is 27.3. The average molecular weight is 477 g/mol. The van der Waals surface area contributed by atoms with Crippen LogP contribution in [0.15, 0.2) is 91.0 Å². The first-order valence-corrected chi connectivity index (χ1v) is 11.4. The molecule has 0 bridgehead atoms. The Bertz CT molecular complexity index is 1540. The molecule has 8 heteroatoms. The molecule has 3 amide bonds. The number of anilines is 3. The predicted octanol–water partition coefficient (Wildman–Crippen LogP) is 5.84. The summed E-state index contributed by atoms with van der Waals surface area (Å²) in [6.45, 7) is 1.87. The second kappa shape index (κ2) is 9.71. The van der Waals surface area contributed by atoms with Gasteiger partial charge in [0.1, 0.15) is 0 Å². The highest BCUT2D eigenvalue weighted by Gasteiger charge is 2.19. The van der Waals surface area contributed by atoms with E-state index in [1.165, 1.54) is 0 Å². The summed E-state index contributed by atoms with van der Waals surface area (Å²) in [5.74, 6) is -0.266. The van der Waals surface area contributed by atoms with E-state index in [4.69, 9.17) is 4.98 Å². The maximum Gasteiger partial charge on any atom is 0.323 e. The molecule has 0 spiro atoms. The number of carbonyl (C=O) groups excluding carboxylic acids is 2. The van der Waals surface area contributed by atoms with Gasteiger partial charge >= 0.3 is 6.03 Å². The number of rotatable bonds is 5. The molecule has 3 N–H and O–H groups in total.